The molecular formula is C16H13NOS. The number of nitrogens with zero attached hydrogens (tertiary/aromatic N) is 1. The molecule has 0 amide bonds. The van der Waals surface area contributed by atoms with Gasteiger partial charge in [-0.15, -0.1) is 11.3 Å². The Morgan fingerprint density at radius 2 is 1.74 bits per heavy atom. The predicted octanol–water partition coefficient (Wildman–Crippen LogP) is 3.89. The van der Waals surface area contributed by atoms with Crippen LogP contribution in [0, 0.1) is 0 Å². The minimum absolute atomic E-state index is 0.607. The minimum atomic E-state index is -0.607. The Bertz CT molecular complexity index is 649. The fourth-order valence-electron chi connectivity index (χ4n) is 2.05. The molecule has 0 unspecified atom stereocenters. The number of pyridine rings is 1. The van der Waals surface area contributed by atoms with E-state index in [2.05, 4.69) is 4.98 Å². The van der Waals surface area contributed by atoms with Crippen molar-refractivity contribution < 1.29 is 5.11 Å². The molecule has 0 bridgehead atoms. The van der Waals surface area contributed by atoms with Crippen molar-refractivity contribution in [3.8, 4) is 10.6 Å². The third-order valence-electron chi connectivity index (χ3n) is 3.00. The summed E-state index contributed by atoms with van der Waals surface area (Å²) < 4.78 is 0. The van der Waals surface area contributed by atoms with Crippen LogP contribution in [0.25, 0.3) is 10.6 Å². The van der Waals surface area contributed by atoms with E-state index in [0.29, 0.717) is 0 Å². The van der Waals surface area contributed by atoms with Crippen molar-refractivity contribution in [3.05, 3.63) is 77.3 Å². The SMILES string of the molecule is O[C@@H](c1ccccc1)c1ccsc1-c1ccccn1. The van der Waals surface area contributed by atoms with Crippen LogP contribution in [-0.2, 0) is 0 Å². The Morgan fingerprint density at radius 3 is 2.47 bits per heavy atom. The van der Waals surface area contributed by atoms with Gasteiger partial charge in [0.05, 0.1) is 10.6 Å². The minimum Gasteiger partial charge on any atom is -0.384 e. The van der Waals surface area contributed by atoms with Crippen LogP contribution in [0.15, 0.2) is 66.2 Å². The first-order valence-electron chi connectivity index (χ1n) is 6.08. The van der Waals surface area contributed by atoms with Gasteiger partial charge in [-0.25, -0.2) is 0 Å². The van der Waals surface area contributed by atoms with E-state index < -0.39 is 6.10 Å². The molecule has 0 radical (unpaired) electrons. The topological polar surface area (TPSA) is 33.1 Å². The quantitative estimate of drug-likeness (QED) is 0.781. The summed E-state index contributed by atoms with van der Waals surface area (Å²) >= 11 is 1.60. The van der Waals surface area contributed by atoms with Gasteiger partial charge in [0, 0.05) is 11.8 Å². The average Bonchev–Trinajstić information content (AvgIpc) is 2.98. The fourth-order valence-corrected chi connectivity index (χ4v) is 2.96. The average molecular weight is 267 g/mol. The molecule has 0 aliphatic carbocycles. The number of hydrogen-bond acceptors (Lipinski definition) is 3. The Kier molecular flexibility index (Phi) is 3.40. The normalized spacial score (nSPS) is 12.3. The van der Waals surface area contributed by atoms with Crippen molar-refractivity contribution in [2.75, 3.05) is 0 Å². The van der Waals surface area contributed by atoms with Crippen molar-refractivity contribution in [2.45, 2.75) is 6.10 Å². The lowest BCUT2D eigenvalue weighted by Crippen LogP contribution is -1.99. The lowest BCUT2D eigenvalue weighted by molar-refractivity contribution is 0.221. The zero-order valence-electron chi connectivity index (χ0n) is 10.2. The highest BCUT2D eigenvalue weighted by molar-refractivity contribution is 7.13. The third kappa shape index (κ3) is 2.43. The maximum atomic E-state index is 10.5. The molecule has 0 saturated carbocycles. The smallest absolute Gasteiger partial charge is 0.106 e. The molecule has 2 aromatic heterocycles. The molecule has 3 rings (SSSR count). The largest absolute Gasteiger partial charge is 0.384 e. The molecule has 1 N–H and O–H groups in total. The summed E-state index contributed by atoms with van der Waals surface area (Å²) in [4.78, 5) is 5.38. The molecule has 0 fully saturated rings. The molecule has 0 spiro atoms. The van der Waals surface area contributed by atoms with Gasteiger partial charge in [0.1, 0.15) is 6.10 Å². The number of thiophene rings is 1. The van der Waals surface area contributed by atoms with Gasteiger partial charge in [-0.3, -0.25) is 4.98 Å². The molecule has 1 aromatic carbocycles. The van der Waals surface area contributed by atoms with Crippen LogP contribution in [0.3, 0.4) is 0 Å². The lowest BCUT2D eigenvalue weighted by Gasteiger charge is -2.11. The van der Waals surface area contributed by atoms with Crippen LogP contribution >= 0.6 is 11.3 Å². The van der Waals surface area contributed by atoms with Crippen LogP contribution in [0.5, 0.6) is 0 Å². The van der Waals surface area contributed by atoms with Gasteiger partial charge < -0.3 is 5.11 Å². The van der Waals surface area contributed by atoms with Crippen molar-refractivity contribution >= 4 is 11.3 Å². The number of aliphatic hydroxyl groups is 1. The van der Waals surface area contributed by atoms with Crippen molar-refractivity contribution in [3.63, 3.8) is 0 Å². The van der Waals surface area contributed by atoms with Gasteiger partial charge in [0.2, 0.25) is 0 Å². The monoisotopic (exact) mass is 267 g/mol. The third-order valence-corrected chi connectivity index (χ3v) is 3.96. The van der Waals surface area contributed by atoms with Gasteiger partial charge >= 0.3 is 0 Å². The fraction of sp³-hybridized carbons (Fsp3) is 0.0625. The Hall–Kier alpha value is -1.97. The maximum absolute atomic E-state index is 10.5. The molecule has 0 aliphatic rings. The second-order valence-electron chi connectivity index (χ2n) is 4.23. The van der Waals surface area contributed by atoms with Gasteiger partial charge in [0.15, 0.2) is 0 Å². The molecule has 94 valence electrons. The predicted molar refractivity (Wildman–Crippen MR) is 78.1 cm³/mol. The first kappa shape index (κ1) is 12.1. The first-order valence-corrected chi connectivity index (χ1v) is 6.96. The number of benzene rings is 1. The summed E-state index contributed by atoms with van der Waals surface area (Å²) in [5, 5.41) is 12.5. The molecule has 1 atom stereocenters. The molecule has 3 aromatic rings. The van der Waals surface area contributed by atoms with Crippen LogP contribution in [-0.4, -0.2) is 10.1 Å². The number of rotatable bonds is 3. The zero-order chi connectivity index (χ0) is 13.1. The Balaban J connectivity index is 2.01. The standard InChI is InChI=1S/C16H13NOS/c18-15(12-6-2-1-3-7-12)13-9-11-19-16(13)14-8-4-5-10-17-14/h1-11,15,18H/t15-/m0/s1. The Morgan fingerprint density at radius 1 is 0.947 bits per heavy atom. The second-order valence-corrected chi connectivity index (χ2v) is 5.15. The maximum Gasteiger partial charge on any atom is 0.106 e. The van der Waals surface area contributed by atoms with E-state index >= 15 is 0 Å². The molecule has 0 aliphatic heterocycles. The van der Waals surface area contributed by atoms with Gasteiger partial charge in [0.25, 0.3) is 0 Å². The zero-order valence-corrected chi connectivity index (χ0v) is 11.0. The van der Waals surface area contributed by atoms with Crippen LogP contribution in [0.4, 0.5) is 0 Å². The van der Waals surface area contributed by atoms with Gasteiger partial charge in [-0.1, -0.05) is 36.4 Å². The van der Waals surface area contributed by atoms with E-state index in [9.17, 15) is 5.11 Å². The Labute approximate surface area is 116 Å². The van der Waals surface area contributed by atoms with Crippen LogP contribution < -0.4 is 0 Å². The van der Waals surface area contributed by atoms with Gasteiger partial charge in [-0.05, 0) is 29.1 Å². The number of aliphatic hydroxyl groups excluding tert-OH is 1. The molecular weight excluding hydrogens is 254 g/mol. The molecule has 19 heavy (non-hydrogen) atoms. The first-order chi connectivity index (χ1) is 9.36. The summed E-state index contributed by atoms with van der Waals surface area (Å²) in [5.41, 5.74) is 2.72. The van der Waals surface area contributed by atoms with E-state index in [1.54, 1.807) is 17.5 Å². The number of hydrogen-bond donors (Lipinski definition) is 1. The highest BCUT2D eigenvalue weighted by Gasteiger charge is 2.17. The van der Waals surface area contributed by atoms with Crippen LogP contribution in [0.2, 0.25) is 0 Å². The van der Waals surface area contributed by atoms with E-state index in [-0.39, 0.29) is 0 Å². The van der Waals surface area contributed by atoms with E-state index in [1.165, 1.54) is 0 Å². The highest BCUT2D eigenvalue weighted by atomic mass is 32.1. The van der Waals surface area contributed by atoms with E-state index in [1.807, 2.05) is 60.0 Å². The molecule has 0 saturated heterocycles. The number of aromatic nitrogens is 1. The van der Waals surface area contributed by atoms with Crippen LogP contribution in [0.1, 0.15) is 17.2 Å². The van der Waals surface area contributed by atoms with Crippen molar-refractivity contribution in [2.24, 2.45) is 0 Å². The van der Waals surface area contributed by atoms with Gasteiger partial charge in [-0.2, -0.15) is 0 Å². The summed E-state index contributed by atoms with van der Waals surface area (Å²) in [5.74, 6) is 0. The molecule has 2 nitrogen and oxygen atoms in total. The van der Waals surface area contributed by atoms with Crippen molar-refractivity contribution in [1.82, 2.24) is 4.98 Å². The highest BCUT2D eigenvalue weighted by Crippen LogP contribution is 2.34. The van der Waals surface area contributed by atoms with E-state index in [0.717, 1.165) is 21.7 Å². The van der Waals surface area contributed by atoms with Crippen molar-refractivity contribution in [1.29, 1.82) is 0 Å². The molecule has 3 heteroatoms. The summed E-state index contributed by atoms with van der Waals surface area (Å²) in [6.45, 7) is 0. The summed E-state index contributed by atoms with van der Waals surface area (Å²) in [7, 11) is 0. The summed E-state index contributed by atoms with van der Waals surface area (Å²) in [6.07, 6.45) is 1.16. The lowest BCUT2D eigenvalue weighted by atomic mass is 10.0. The second kappa shape index (κ2) is 5.34. The van der Waals surface area contributed by atoms with E-state index in [4.69, 9.17) is 0 Å². The summed E-state index contributed by atoms with van der Waals surface area (Å²) in [6, 6.07) is 17.5. The molecule has 2 heterocycles.